The molecular weight excluding hydrogens is 445 g/mol. The van der Waals surface area contributed by atoms with Gasteiger partial charge in [0.15, 0.2) is 5.58 Å². The maximum Gasteiger partial charge on any atom is 0.417 e. The number of oxazole rings is 1. The largest absolute Gasteiger partial charge is 0.481 e. The maximum absolute atomic E-state index is 13.8. The molecule has 0 saturated carbocycles. The van der Waals surface area contributed by atoms with E-state index in [1.165, 1.54) is 12.1 Å². The molecule has 0 fully saturated rings. The van der Waals surface area contributed by atoms with E-state index in [2.05, 4.69) is 10.3 Å². The van der Waals surface area contributed by atoms with Gasteiger partial charge in [-0.25, -0.2) is 4.98 Å². The highest BCUT2D eigenvalue weighted by Crippen LogP contribution is 2.36. The molecule has 1 aromatic heterocycles. The summed E-state index contributed by atoms with van der Waals surface area (Å²) >= 11 is 0. The lowest BCUT2D eigenvalue weighted by Crippen LogP contribution is -2.17. The molecule has 34 heavy (non-hydrogen) atoms. The molecule has 2 N–H and O–H groups in total. The number of benzene rings is 3. The average molecular weight is 466 g/mol. The van der Waals surface area contributed by atoms with Crippen LogP contribution in [0.15, 0.2) is 71.1 Å². The van der Waals surface area contributed by atoms with Crippen LogP contribution in [0, 0.1) is 0 Å². The van der Waals surface area contributed by atoms with Crippen molar-refractivity contribution in [3.05, 3.63) is 89.0 Å². The topological polar surface area (TPSA) is 75.4 Å². The van der Waals surface area contributed by atoms with Gasteiger partial charge in [0.05, 0.1) is 12.0 Å². The number of aliphatic carboxylic acids is 1. The number of halogens is 3. The number of carboxylic acids is 1. The summed E-state index contributed by atoms with van der Waals surface area (Å²) in [5.74, 6) is -0.794. The number of carboxylic acid groups (broad SMARTS) is 1. The standard InChI is InChI=1S/C26H21F3N2O3/c27-26(28,29)21-15-20(10-9-19(21)8-6-17-4-2-1-3-5-17)25-31-22-11-7-18(14-23(22)34-25)16-30-13-12-24(32)33/h1-11,14-15,30H,12-13,16H2,(H,32,33)/b8-6+. The summed E-state index contributed by atoms with van der Waals surface area (Å²) in [6.45, 7) is 0.750. The quantitative estimate of drug-likeness (QED) is 0.237. The monoisotopic (exact) mass is 466 g/mol. The van der Waals surface area contributed by atoms with E-state index in [-0.39, 0.29) is 23.4 Å². The van der Waals surface area contributed by atoms with Crippen LogP contribution >= 0.6 is 0 Å². The summed E-state index contributed by atoms with van der Waals surface area (Å²) in [4.78, 5) is 14.9. The van der Waals surface area contributed by atoms with Crippen molar-refractivity contribution in [3.63, 3.8) is 0 Å². The van der Waals surface area contributed by atoms with Crippen molar-refractivity contribution < 1.29 is 27.5 Å². The van der Waals surface area contributed by atoms with Crippen LogP contribution in [-0.4, -0.2) is 22.6 Å². The molecule has 0 atom stereocenters. The number of hydrogen-bond donors (Lipinski definition) is 2. The molecule has 174 valence electrons. The van der Waals surface area contributed by atoms with Gasteiger partial charge < -0.3 is 14.8 Å². The van der Waals surface area contributed by atoms with Crippen molar-refractivity contribution in [3.8, 4) is 11.5 Å². The summed E-state index contributed by atoms with van der Waals surface area (Å²) in [7, 11) is 0. The normalized spacial score (nSPS) is 12.0. The first kappa shape index (κ1) is 23.3. The zero-order valence-corrected chi connectivity index (χ0v) is 18.0. The first-order chi connectivity index (χ1) is 16.3. The molecule has 0 aliphatic heterocycles. The molecule has 0 spiro atoms. The van der Waals surface area contributed by atoms with Gasteiger partial charge in [-0.2, -0.15) is 13.2 Å². The highest BCUT2D eigenvalue weighted by atomic mass is 19.4. The second kappa shape index (κ2) is 9.93. The molecule has 0 bridgehead atoms. The minimum absolute atomic E-state index is 0.00672. The van der Waals surface area contributed by atoms with Crippen molar-refractivity contribution >= 4 is 29.2 Å². The van der Waals surface area contributed by atoms with Crippen LogP contribution in [0.5, 0.6) is 0 Å². The second-order valence-corrected chi connectivity index (χ2v) is 7.69. The highest BCUT2D eigenvalue weighted by Gasteiger charge is 2.33. The fraction of sp³-hybridized carbons (Fsp3) is 0.154. The van der Waals surface area contributed by atoms with E-state index in [0.717, 1.165) is 17.2 Å². The molecule has 3 aromatic carbocycles. The number of nitrogens with one attached hydrogen (secondary N) is 1. The molecule has 0 aliphatic rings. The molecular formula is C26H21F3N2O3. The summed E-state index contributed by atoms with van der Waals surface area (Å²) in [5, 5.41) is 11.7. The number of nitrogens with zero attached hydrogens (tertiary/aromatic N) is 1. The van der Waals surface area contributed by atoms with Gasteiger partial charge in [-0.3, -0.25) is 4.79 Å². The third-order valence-electron chi connectivity index (χ3n) is 5.16. The summed E-state index contributed by atoms with van der Waals surface area (Å²) < 4.78 is 47.1. The van der Waals surface area contributed by atoms with E-state index in [1.807, 2.05) is 30.3 Å². The van der Waals surface area contributed by atoms with E-state index in [9.17, 15) is 18.0 Å². The van der Waals surface area contributed by atoms with E-state index in [0.29, 0.717) is 24.2 Å². The Morgan fingerprint density at radius 2 is 1.82 bits per heavy atom. The van der Waals surface area contributed by atoms with Crippen molar-refractivity contribution in [2.75, 3.05) is 6.54 Å². The van der Waals surface area contributed by atoms with E-state index in [1.54, 1.807) is 30.3 Å². The number of fused-ring (bicyclic) bond motifs is 1. The Kier molecular flexibility index (Phi) is 6.79. The molecule has 0 unspecified atom stereocenters. The minimum Gasteiger partial charge on any atom is -0.481 e. The molecule has 0 saturated heterocycles. The molecule has 1 heterocycles. The van der Waals surface area contributed by atoms with Crippen LogP contribution in [0.3, 0.4) is 0 Å². The Hall–Kier alpha value is -3.91. The fourth-order valence-corrected chi connectivity index (χ4v) is 3.46. The summed E-state index contributed by atoms with van der Waals surface area (Å²) in [5.41, 5.74) is 2.10. The van der Waals surface area contributed by atoms with Crippen LogP contribution in [0.4, 0.5) is 13.2 Å². The smallest absolute Gasteiger partial charge is 0.417 e. The van der Waals surface area contributed by atoms with E-state index < -0.39 is 17.7 Å². The lowest BCUT2D eigenvalue weighted by molar-refractivity contribution is -0.138. The third-order valence-corrected chi connectivity index (χ3v) is 5.16. The number of carbonyl (C=O) groups is 1. The summed E-state index contributed by atoms with van der Waals surface area (Å²) in [6, 6.07) is 18.4. The van der Waals surface area contributed by atoms with Gasteiger partial charge in [0.1, 0.15) is 5.52 Å². The zero-order valence-electron chi connectivity index (χ0n) is 18.0. The van der Waals surface area contributed by atoms with Gasteiger partial charge in [0.2, 0.25) is 5.89 Å². The Morgan fingerprint density at radius 1 is 1.03 bits per heavy atom. The lowest BCUT2D eigenvalue weighted by Gasteiger charge is -2.11. The van der Waals surface area contributed by atoms with Gasteiger partial charge in [-0.1, -0.05) is 54.6 Å². The van der Waals surface area contributed by atoms with Crippen LogP contribution in [-0.2, 0) is 17.5 Å². The van der Waals surface area contributed by atoms with Crippen molar-refractivity contribution in [2.45, 2.75) is 19.1 Å². The van der Waals surface area contributed by atoms with Crippen LogP contribution in [0.25, 0.3) is 34.7 Å². The first-order valence-electron chi connectivity index (χ1n) is 10.6. The van der Waals surface area contributed by atoms with Gasteiger partial charge in [-0.05, 0) is 41.0 Å². The third kappa shape index (κ3) is 5.71. The lowest BCUT2D eigenvalue weighted by atomic mass is 10.0. The van der Waals surface area contributed by atoms with Crippen LogP contribution in [0.1, 0.15) is 28.7 Å². The van der Waals surface area contributed by atoms with Gasteiger partial charge in [0.25, 0.3) is 0 Å². The van der Waals surface area contributed by atoms with Crippen molar-refractivity contribution in [2.24, 2.45) is 0 Å². The molecule has 0 radical (unpaired) electrons. The maximum atomic E-state index is 13.8. The Labute approximate surface area is 193 Å². The zero-order chi connectivity index (χ0) is 24.1. The molecule has 8 heteroatoms. The Bertz CT molecular complexity index is 1330. The van der Waals surface area contributed by atoms with Crippen LogP contribution in [0.2, 0.25) is 0 Å². The number of alkyl halides is 3. The van der Waals surface area contributed by atoms with Crippen LogP contribution < -0.4 is 5.32 Å². The number of hydrogen-bond acceptors (Lipinski definition) is 4. The Balaban J connectivity index is 1.60. The fourth-order valence-electron chi connectivity index (χ4n) is 3.46. The van der Waals surface area contributed by atoms with Crippen molar-refractivity contribution in [1.29, 1.82) is 0 Å². The van der Waals surface area contributed by atoms with E-state index >= 15 is 0 Å². The molecule has 4 aromatic rings. The summed E-state index contributed by atoms with van der Waals surface area (Å²) in [6.07, 6.45) is -1.46. The van der Waals surface area contributed by atoms with Gasteiger partial charge in [0, 0.05) is 18.7 Å². The first-order valence-corrected chi connectivity index (χ1v) is 10.6. The van der Waals surface area contributed by atoms with Crippen molar-refractivity contribution in [1.82, 2.24) is 10.3 Å². The number of rotatable bonds is 8. The van der Waals surface area contributed by atoms with Gasteiger partial charge >= 0.3 is 12.1 Å². The molecule has 5 nitrogen and oxygen atoms in total. The molecule has 0 amide bonds. The predicted octanol–water partition coefficient (Wildman–Crippen LogP) is 6.25. The Morgan fingerprint density at radius 3 is 2.56 bits per heavy atom. The highest BCUT2D eigenvalue weighted by molar-refractivity contribution is 5.78. The predicted molar refractivity (Wildman–Crippen MR) is 124 cm³/mol. The van der Waals surface area contributed by atoms with E-state index in [4.69, 9.17) is 9.52 Å². The minimum atomic E-state index is -4.55. The molecule has 4 rings (SSSR count). The average Bonchev–Trinajstić information content (AvgIpc) is 3.24. The molecule has 0 aliphatic carbocycles. The SMILES string of the molecule is O=C(O)CCNCc1ccc2nc(-c3ccc(/C=C/c4ccccc4)c(C(F)(F)F)c3)oc2c1. The second-order valence-electron chi connectivity index (χ2n) is 7.69. The van der Waals surface area contributed by atoms with Gasteiger partial charge in [-0.15, -0.1) is 0 Å². The number of aromatic nitrogens is 1.